The number of anilines is 1. The van der Waals surface area contributed by atoms with E-state index in [1.165, 1.54) is 0 Å². The van der Waals surface area contributed by atoms with Crippen LogP contribution in [0.2, 0.25) is 0 Å². The van der Waals surface area contributed by atoms with Gasteiger partial charge in [-0.3, -0.25) is 9.59 Å². The first-order chi connectivity index (χ1) is 11.1. The molecule has 3 N–H and O–H groups in total. The predicted molar refractivity (Wildman–Crippen MR) is 88.4 cm³/mol. The first-order valence-electron chi connectivity index (χ1n) is 7.34. The van der Waals surface area contributed by atoms with Crippen molar-refractivity contribution < 1.29 is 9.21 Å². The topological polar surface area (TPSA) is 90.3 Å². The maximum absolute atomic E-state index is 12.6. The second-order valence-corrected chi connectivity index (χ2v) is 5.18. The van der Waals surface area contributed by atoms with Gasteiger partial charge in [0.1, 0.15) is 11.3 Å². The van der Waals surface area contributed by atoms with Gasteiger partial charge in [-0.1, -0.05) is 6.07 Å². The largest absolute Gasteiger partial charge is 0.467 e. The molecule has 0 radical (unpaired) electrons. The number of hydrogen-bond acceptors (Lipinski definition) is 4. The first-order valence-corrected chi connectivity index (χ1v) is 7.34. The minimum absolute atomic E-state index is 0.0730. The van der Waals surface area contributed by atoms with Crippen LogP contribution in [-0.2, 0) is 6.54 Å². The Labute approximate surface area is 132 Å². The van der Waals surface area contributed by atoms with E-state index in [1.54, 1.807) is 48.2 Å². The maximum atomic E-state index is 12.6. The first kappa shape index (κ1) is 14.9. The van der Waals surface area contributed by atoms with Crippen LogP contribution in [0.15, 0.2) is 52.0 Å². The molecule has 6 heteroatoms. The second-order valence-electron chi connectivity index (χ2n) is 5.18. The molecule has 0 atom stereocenters. The third kappa shape index (κ3) is 2.70. The van der Waals surface area contributed by atoms with E-state index in [0.29, 0.717) is 29.7 Å². The van der Waals surface area contributed by atoms with Gasteiger partial charge in [0.05, 0.1) is 23.7 Å². The van der Waals surface area contributed by atoms with Crippen LogP contribution in [-0.4, -0.2) is 17.0 Å². The number of aromatic nitrogens is 1. The molecule has 2 heterocycles. The van der Waals surface area contributed by atoms with Crippen molar-refractivity contribution in [2.24, 2.45) is 0 Å². The van der Waals surface area contributed by atoms with Crippen molar-refractivity contribution in [3.05, 3.63) is 64.3 Å². The Morgan fingerprint density at radius 2 is 2.13 bits per heavy atom. The van der Waals surface area contributed by atoms with Gasteiger partial charge in [-0.05, 0) is 31.2 Å². The van der Waals surface area contributed by atoms with Crippen molar-refractivity contribution in [3.8, 4) is 0 Å². The van der Waals surface area contributed by atoms with Crippen molar-refractivity contribution in [2.75, 3.05) is 12.3 Å². The van der Waals surface area contributed by atoms with Crippen LogP contribution >= 0.6 is 0 Å². The van der Waals surface area contributed by atoms with Gasteiger partial charge in [0.2, 0.25) is 5.43 Å². The van der Waals surface area contributed by atoms with Crippen molar-refractivity contribution in [1.82, 2.24) is 9.88 Å². The number of nitrogens with two attached hydrogens (primary N) is 1. The standard InChI is InChI=1S/C17H17N3O3/c1-2-19-17(22)12-10-20(9-11-5-4-8-23-11)14-7-3-6-13(18)15(14)16(12)21/h3-8,10H,2,9,18H2,1H3,(H,19,22). The molecule has 0 spiro atoms. The normalized spacial score (nSPS) is 10.8. The molecule has 3 aromatic rings. The highest BCUT2D eigenvalue weighted by Gasteiger charge is 2.17. The molecule has 23 heavy (non-hydrogen) atoms. The van der Waals surface area contributed by atoms with Crippen molar-refractivity contribution in [1.29, 1.82) is 0 Å². The maximum Gasteiger partial charge on any atom is 0.256 e. The van der Waals surface area contributed by atoms with E-state index in [2.05, 4.69) is 5.32 Å². The van der Waals surface area contributed by atoms with Gasteiger partial charge in [0.15, 0.2) is 0 Å². The number of nitrogens with zero attached hydrogens (tertiary/aromatic N) is 1. The fourth-order valence-corrected chi connectivity index (χ4v) is 2.58. The molecule has 0 saturated carbocycles. The molecule has 0 aliphatic carbocycles. The summed E-state index contributed by atoms with van der Waals surface area (Å²) in [5.41, 5.74) is 6.71. The Morgan fingerprint density at radius 1 is 1.30 bits per heavy atom. The number of amides is 1. The summed E-state index contributed by atoms with van der Waals surface area (Å²) in [7, 11) is 0. The van der Waals surface area contributed by atoms with Gasteiger partial charge in [0, 0.05) is 18.4 Å². The van der Waals surface area contributed by atoms with E-state index in [9.17, 15) is 9.59 Å². The third-order valence-electron chi connectivity index (χ3n) is 3.63. The molecule has 0 aliphatic heterocycles. The van der Waals surface area contributed by atoms with Crippen LogP contribution in [0.25, 0.3) is 10.9 Å². The number of nitrogens with one attached hydrogen (secondary N) is 1. The average molecular weight is 311 g/mol. The highest BCUT2D eigenvalue weighted by atomic mass is 16.3. The molecule has 3 rings (SSSR count). The van der Waals surface area contributed by atoms with Gasteiger partial charge in [-0.2, -0.15) is 0 Å². The average Bonchev–Trinajstić information content (AvgIpc) is 3.03. The number of benzene rings is 1. The Balaban J connectivity index is 2.25. The summed E-state index contributed by atoms with van der Waals surface area (Å²) in [6, 6.07) is 8.86. The lowest BCUT2D eigenvalue weighted by molar-refractivity contribution is 0.0954. The number of hydrogen-bond donors (Lipinski definition) is 2. The van der Waals surface area contributed by atoms with Crippen LogP contribution < -0.4 is 16.5 Å². The summed E-state index contributed by atoms with van der Waals surface area (Å²) in [5, 5.41) is 3.01. The van der Waals surface area contributed by atoms with Gasteiger partial charge >= 0.3 is 0 Å². The van der Waals surface area contributed by atoms with Crippen LogP contribution in [0.1, 0.15) is 23.0 Å². The van der Waals surface area contributed by atoms with Crippen LogP contribution in [0.3, 0.4) is 0 Å². The monoisotopic (exact) mass is 311 g/mol. The Bertz CT molecular complexity index is 911. The van der Waals surface area contributed by atoms with Crippen molar-refractivity contribution in [3.63, 3.8) is 0 Å². The minimum atomic E-state index is -0.407. The lowest BCUT2D eigenvalue weighted by Gasteiger charge is -2.13. The Hall–Kier alpha value is -3.02. The summed E-state index contributed by atoms with van der Waals surface area (Å²) in [5.74, 6) is 0.315. The number of carbonyl (C=O) groups is 1. The molecule has 0 bridgehead atoms. The summed E-state index contributed by atoms with van der Waals surface area (Å²) >= 11 is 0. The van der Waals surface area contributed by atoms with Crippen molar-refractivity contribution in [2.45, 2.75) is 13.5 Å². The fraction of sp³-hybridized carbons (Fsp3) is 0.176. The second kappa shape index (κ2) is 6.00. The molecule has 0 unspecified atom stereocenters. The van der Waals surface area contributed by atoms with E-state index in [-0.39, 0.29) is 11.0 Å². The van der Waals surface area contributed by atoms with Gasteiger partial charge in [-0.15, -0.1) is 0 Å². The summed E-state index contributed by atoms with van der Waals surface area (Å²) in [6.07, 6.45) is 3.14. The number of furan rings is 1. The van der Waals surface area contributed by atoms with E-state index in [0.717, 1.165) is 5.76 Å². The van der Waals surface area contributed by atoms with E-state index >= 15 is 0 Å². The summed E-state index contributed by atoms with van der Waals surface area (Å²) in [4.78, 5) is 24.8. The molecular weight excluding hydrogens is 294 g/mol. The molecule has 6 nitrogen and oxygen atoms in total. The van der Waals surface area contributed by atoms with E-state index in [1.807, 2.05) is 6.07 Å². The predicted octanol–water partition coefficient (Wildman–Crippen LogP) is 1.97. The molecule has 0 aliphatic rings. The smallest absolute Gasteiger partial charge is 0.256 e. The highest BCUT2D eigenvalue weighted by Crippen LogP contribution is 2.19. The Kier molecular flexibility index (Phi) is 3.89. The number of nitrogen functional groups attached to an aromatic ring is 1. The van der Waals surface area contributed by atoms with Gasteiger partial charge in [0.25, 0.3) is 5.91 Å². The number of rotatable bonds is 4. The van der Waals surface area contributed by atoms with Crippen LogP contribution in [0, 0.1) is 0 Å². The van der Waals surface area contributed by atoms with Crippen LogP contribution in [0.4, 0.5) is 5.69 Å². The quantitative estimate of drug-likeness (QED) is 0.721. The van der Waals surface area contributed by atoms with E-state index < -0.39 is 5.91 Å². The lowest BCUT2D eigenvalue weighted by atomic mass is 10.1. The van der Waals surface area contributed by atoms with Gasteiger partial charge in [-0.25, -0.2) is 0 Å². The Morgan fingerprint density at radius 3 is 2.83 bits per heavy atom. The molecule has 0 fully saturated rings. The number of carbonyl (C=O) groups excluding carboxylic acids is 1. The molecule has 118 valence electrons. The van der Waals surface area contributed by atoms with Gasteiger partial charge < -0.3 is 20.0 Å². The molecule has 0 saturated heterocycles. The van der Waals surface area contributed by atoms with Crippen molar-refractivity contribution >= 4 is 22.5 Å². The zero-order valence-electron chi connectivity index (χ0n) is 12.7. The third-order valence-corrected chi connectivity index (χ3v) is 3.63. The lowest BCUT2D eigenvalue weighted by Crippen LogP contribution is -2.30. The zero-order chi connectivity index (χ0) is 16.4. The minimum Gasteiger partial charge on any atom is -0.467 e. The molecule has 1 amide bonds. The number of pyridine rings is 1. The number of fused-ring (bicyclic) bond motifs is 1. The molecular formula is C17H17N3O3. The zero-order valence-corrected chi connectivity index (χ0v) is 12.7. The summed E-state index contributed by atoms with van der Waals surface area (Å²) in [6.45, 7) is 2.65. The van der Waals surface area contributed by atoms with E-state index in [4.69, 9.17) is 10.2 Å². The fourth-order valence-electron chi connectivity index (χ4n) is 2.58. The van der Waals surface area contributed by atoms with Crippen LogP contribution in [0.5, 0.6) is 0 Å². The molecule has 1 aromatic carbocycles. The SMILES string of the molecule is CCNC(=O)c1cn(Cc2ccco2)c2cccc(N)c2c1=O. The summed E-state index contributed by atoms with van der Waals surface area (Å²) < 4.78 is 7.17. The molecule has 2 aromatic heterocycles. The highest BCUT2D eigenvalue weighted by molar-refractivity contribution is 6.00.